The number of hydrogen-bond acceptors (Lipinski definition) is 4. The van der Waals surface area contributed by atoms with Gasteiger partial charge in [0, 0.05) is 11.3 Å². The maximum Gasteiger partial charge on any atom is 0.258 e. The summed E-state index contributed by atoms with van der Waals surface area (Å²) in [5, 5.41) is 5.25. The van der Waals surface area contributed by atoms with Crippen molar-refractivity contribution in [2.75, 3.05) is 18.5 Å². The predicted molar refractivity (Wildman–Crippen MR) is 109 cm³/mol. The molecule has 1 aliphatic rings. The molecule has 0 saturated heterocycles. The van der Waals surface area contributed by atoms with Gasteiger partial charge in [0.1, 0.15) is 24.3 Å². The van der Waals surface area contributed by atoms with Crippen LogP contribution in [0.15, 0.2) is 66.7 Å². The maximum absolute atomic E-state index is 13.7. The van der Waals surface area contributed by atoms with Crippen LogP contribution < -0.4 is 20.1 Å². The van der Waals surface area contributed by atoms with E-state index >= 15 is 0 Å². The van der Waals surface area contributed by atoms with Crippen LogP contribution in [0, 0.1) is 11.6 Å². The average Bonchev–Trinajstić information content (AvgIpc) is 2.79. The maximum atomic E-state index is 13.7. The van der Waals surface area contributed by atoms with Crippen molar-refractivity contribution >= 4 is 17.5 Å². The first-order valence-electron chi connectivity index (χ1n) is 9.53. The van der Waals surface area contributed by atoms with E-state index in [1.165, 1.54) is 24.3 Å². The van der Waals surface area contributed by atoms with Gasteiger partial charge in [-0.15, -0.1) is 0 Å². The summed E-state index contributed by atoms with van der Waals surface area (Å²) in [7, 11) is 0. The summed E-state index contributed by atoms with van der Waals surface area (Å²) in [6, 6.07) is 16.0. The molecule has 3 aromatic carbocycles. The van der Waals surface area contributed by atoms with Crippen LogP contribution in [-0.2, 0) is 0 Å². The molecule has 0 bridgehead atoms. The molecular weight excluding hydrogens is 406 g/mol. The Morgan fingerprint density at radius 3 is 2.45 bits per heavy atom. The first kappa shape index (κ1) is 20.3. The van der Waals surface area contributed by atoms with Gasteiger partial charge < -0.3 is 20.1 Å². The normalized spacial score (nSPS) is 14.6. The van der Waals surface area contributed by atoms with Gasteiger partial charge in [-0.2, -0.15) is 0 Å². The fourth-order valence-corrected chi connectivity index (χ4v) is 3.05. The number of rotatable bonds is 5. The molecule has 1 aliphatic heterocycles. The van der Waals surface area contributed by atoms with Crippen LogP contribution >= 0.6 is 0 Å². The van der Waals surface area contributed by atoms with Gasteiger partial charge in [-0.25, -0.2) is 8.78 Å². The lowest BCUT2D eigenvalue weighted by Gasteiger charge is -2.26. The van der Waals surface area contributed by atoms with Gasteiger partial charge in [0.15, 0.2) is 11.5 Å². The minimum Gasteiger partial charge on any atom is -0.486 e. The Bertz CT molecular complexity index is 1120. The van der Waals surface area contributed by atoms with E-state index in [4.69, 9.17) is 9.47 Å². The number of benzene rings is 3. The molecule has 0 aromatic heterocycles. The van der Waals surface area contributed by atoms with Crippen molar-refractivity contribution < 1.29 is 27.8 Å². The lowest BCUT2D eigenvalue weighted by Crippen LogP contribution is -2.40. The minimum atomic E-state index is -0.827. The van der Waals surface area contributed by atoms with Crippen molar-refractivity contribution in [1.82, 2.24) is 5.32 Å². The number of anilines is 1. The predicted octanol–water partition coefficient (Wildman–Crippen LogP) is 3.79. The first-order chi connectivity index (χ1) is 15.0. The summed E-state index contributed by atoms with van der Waals surface area (Å²) in [4.78, 5) is 24.5. The lowest BCUT2D eigenvalue weighted by molar-refractivity contribution is 0.0789. The molecule has 1 unspecified atom stereocenters. The van der Waals surface area contributed by atoms with Crippen molar-refractivity contribution in [3.8, 4) is 11.5 Å². The SMILES string of the molecule is O=C(NCC1COc2ccccc2O1)c1ccc(NC(=O)c2cc(F)ccc2F)cc1. The molecule has 2 N–H and O–H groups in total. The number of ether oxygens (including phenoxy) is 2. The molecule has 0 spiro atoms. The molecule has 4 rings (SSSR count). The molecular formula is C23H18F2N2O4. The lowest BCUT2D eigenvalue weighted by atomic mass is 10.1. The zero-order chi connectivity index (χ0) is 21.8. The molecule has 2 amide bonds. The van der Waals surface area contributed by atoms with E-state index in [9.17, 15) is 18.4 Å². The largest absolute Gasteiger partial charge is 0.486 e. The minimum absolute atomic E-state index is 0.254. The van der Waals surface area contributed by atoms with Crippen LogP contribution in [0.4, 0.5) is 14.5 Å². The van der Waals surface area contributed by atoms with Gasteiger partial charge in [-0.3, -0.25) is 9.59 Å². The van der Waals surface area contributed by atoms with Gasteiger partial charge in [0.05, 0.1) is 12.1 Å². The number of hydrogen-bond donors (Lipinski definition) is 2. The number of halogens is 2. The second kappa shape index (κ2) is 8.83. The number of carbonyl (C=O) groups excluding carboxylic acids is 2. The second-order valence-corrected chi connectivity index (χ2v) is 6.86. The van der Waals surface area contributed by atoms with Crippen molar-refractivity contribution in [3.05, 3.63) is 89.5 Å². The van der Waals surface area contributed by atoms with E-state index in [0.717, 1.165) is 18.2 Å². The third kappa shape index (κ3) is 4.80. The highest BCUT2D eigenvalue weighted by Crippen LogP contribution is 2.30. The summed E-state index contributed by atoms with van der Waals surface area (Å²) in [6.07, 6.45) is -0.321. The van der Waals surface area contributed by atoms with Crippen molar-refractivity contribution in [2.24, 2.45) is 0 Å². The summed E-state index contributed by atoms with van der Waals surface area (Å²) in [6.45, 7) is 0.573. The van der Waals surface area contributed by atoms with Gasteiger partial charge in [0.2, 0.25) is 0 Å². The Labute approximate surface area is 176 Å². The van der Waals surface area contributed by atoms with Crippen LogP contribution in [0.1, 0.15) is 20.7 Å². The average molecular weight is 424 g/mol. The quantitative estimate of drug-likeness (QED) is 0.654. The zero-order valence-electron chi connectivity index (χ0n) is 16.2. The molecule has 1 atom stereocenters. The molecule has 1 heterocycles. The van der Waals surface area contributed by atoms with Crippen molar-refractivity contribution in [2.45, 2.75) is 6.10 Å². The Morgan fingerprint density at radius 2 is 1.68 bits per heavy atom. The van der Waals surface area contributed by atoms with Crippen LogP contribution in [0.2, 0.25) is 0 Å². The number of fused-ring (bicyclic) bond motifs is 1. The van der Waals surface area contributed by atoms with Crippen LogP contribution in [0.25, 0.3) is 0 Å². The fourth-order valence-electron chi connectivity index (χ4n) is 3.05. The third-order valence-electron chi connectivity index (χ3n) is 4.64. The van der Waals surface area contributed by atoms with Crippen LogP contribution in [-0.4, -0.2) is 31.1 Å². The second-order valence-electron chi connectivity index (χ2n) is 6.86. The van der Waals surface area contributed by atoms with Crippen molar-refractivity contribution in [1.29, 1.82) is 0 Å². The van der Waals surface area contributed by atoms with E-state index < -0.39 is 23.1 Å². The highest BCUT2D eigenvalue weighted by atomic mass is 19.1. The summed E-state index contributed by atoms with van der Waals surface area (Å²) < 4.78 is 38.4. The molecule has 8 heteroatoms. The standard InChI is InChI=1S/C23H18F2N2O4/c24-15-7-10-19(25)18(11-15)23(29)27-16-8-5-14(6-9-16)22(28)26-12-17-13-30-20-3-1-2-4-21(20)31-17/h1-11,17H,12-13H2,(H,26,28)(H,27,29). The highest BCUT2D eigenvalue weighted by Gasteiger charge is 2.21. The highest BCUT2D eigenvalue weighted by molar-refractivity contribution is 6.04. The molecule has 158 valence electrons. The Hall–Kier alpha value is -3.94. The molecule has 6 nitrogen and oxygen atoms in total. The Balaban J connectivity index is 1.32. The molecule has 0 aliphatic carbocycles. The van der Waals surface area contributed by atoms with Gasteiger partial charge in [-0.1, -0.05) is 12.1 Å². The van der Waals surface area contributed by atoms with Gasteiger partial charge in [0.25, 0.3) is 11.8 Å². The molecule has 3 aromatic rings. The van der Waals surface area contributed by atoms with Crippen LogP contribution in [0.5, 0.6) is 11.5 Å². The zero-order valence-corrected chi connectivity index (χ0v) is 16.2. The summed E-state index contributed by atoms with van der Waals surface area (Å²) in [5.74, 6) is -1.36. The van der Waals surface area contributed by atoms with Gasteiger partial charge >= 0.3 is 0 Å². The smallest absolute Gasteiger partial charge is 0.258 e. The van der Waals surface area contributed by atoms with E-state index in [2.05, 4.69) is 10.6 Å². The monoisotopic (exact) mass is 424 g/mol. The van der Waals surface area contributed by atoms with Crippen molar-refractivity contribution in [3.63, 3.8) is 0 Å². The molecule has 0 saturated carbocycles. The number of carbonyl (C=O) groups is 2. The van der Waals surface area contributed by atoms with E-state index in [1.54, 1.807) is 6.07 Å². The van der Waals surface area contributed by atoms with E-state index in [0.29, 0.717) is 29.4 Å². The summed E-state index contributed by atoms with van der Waals surface area (Å²) >= 11 is 0. The summed E-state index contributed by atoms with van der Waals surface area (Å²) in [5.41, 5.74) is 0.302. The third-order valence-corrected chi connectivity index (χ3v) is 4.64. The van der Waals surface area contributed by atoms with E-state index in [-0.39, 0.29) is 18.6 Å². The number of para-hydroxylation sites is 2. The first-order valence-corrected chi connectivity index (χ1v) is 9.53. The van der Waals surface area contributed by atoms with E-state index in [1.807, 2.05) is 18.2 Å². The molecule has 0 fully saturated rings. The molecule has 31 heavy (non-hydrogen) atoms. The fraction of sp³-hybridized carbons (Fsp3) is 0.130. The Kier molecular flexibility index (Phi) is 5.79. The number of nitrogens with one attached hydrogen (secondary N) is 2. The topological polar surface area (TPSA) is 76.7 Å². The van der Waals surface area contributed by atoms with Gasteiger partial charge in [-0.05, 0) is 54.6 Å². The Morgan fingerprint density at radius 1 is 0.935 bits per heavy atom. The van der Waals surface area contributed by atoms with Crippen LogP contribution in [0.3, 0.4) is 0 Å². The number of amides is 2. The molecule has 0 radical (unpaired) electrons.